The highest BCUT2D eigenvalue weighted by atomic mass is 32.1. The van der Waals surface area contributed by atoms with Gasteiger partial charge in [-0.1, -0.05) is 0 Å². The molecule has 144 valence electrons. The molecule has 2 aliphatic rings. The Kier molecular flexibility index (Phi) is 4.96. The van der Waals surface area contributed by atoms with Gasteiger partial charge in [0, 0.05) is 18.6 Å². The van der Waals surface area contributed by atoms with Crippen LogP contribution in [0.1, 0.15) is 25.7 Å². The van der Waals surface area contributed by atoms with Crippen LogP contribution in [-0.2, 0) is 16.1 Å². The molecule has 2 aliphatic carbocycles. The zero-order valence-corrected chi connectivity index (χ0v) is 15.7. The molecule has 1 amide bonds. The Bertz CT molecular complexity index is 913. The van der Waals surface area contributed by atoms with Crippen molar-refractivity contribution in [3.63, 3.8) is 0 Å². The summed E-state index contributed by atoms with van der Waals surface area (Å²) in [7, 11) is 0. The smallest absolute Gasteiger partial charge is 0.317 e. The number of carbonyl (C=O) groups is 2. The van der Waals surface area contributed by atoms with Gasteiger partial charge in [0.1, 0.15) is 11.4 Å². The summed E-state index contributed by atoms with van der Waals surface area (Å²) in [6.45, 7) is 0.836. The number of nitrogens with zero attached hydrogens (tertiary/aromatic N) is 3. The number of amides is 1. The van der Waals surface area contributed by atoms with Crippen molar-refractivity contribution in [1.29, 1.82) is 0 Å². The van der Waals surface area contributed by atoms with Crippen LogP contribution >= 0.6 is 11.3 Å². The molecule has 4 rings (SSSR count). The Morgan fingerprint density at radius 1 is 1.37 bits per heavy atom. The summed E-state index contributed by atoms with van der Waals surface area (Å²) in [5.41, 5.74) is -0.208. The Labute approximate surface area is 159 Å². The normalized spacial score (nSPS) is 22.0. The lowest BCUT2D eigenvalue weighted by molar-refractivity contribution is -0.140. The zero-order valence-electron chi connectivity index (χ0n) is 14.8. The van der Waals surface area contributed by atoms with E-state index in [-0.39, 0.29) is 36.6 Å². The lowest BCUT2D eigenvalue weighted by atomic mass is 9.85. The van der Waals surface area contributed by atoms with Gasteiger partial charge in [0.25, 0.3) is 5.56 Å². The van der Waals surface area contributed by atoms with Gasteiger partial charge in [-0.3, -0.25) is 23.9 Å². The Hall–Kier alpha value is -2.26. The minimum Gasteiger partial charge on any atom is -0.480 e. The molecule has 0 spiro atoms. The molecule has 0 unspecified atom stereocenters. The van der Waals surface area contributed by atoms with Crippen LogP contribution in [0.4, 0.5) is 0 Å². The number of aromatic nitrogens is 2. The van der Waals surface area contributed by atoms with E-state index in [1.54, 1.807) is 6.07 Å². The summed E-state index contributed by atoms with van der Waals surface area (Å²) in [6, 6.07) is 1.96. The van der Waals surface area contributed by atoms with Gasteiger partial charge in [-0.25, -0.2) is 4.98 Å². The van der Waals surface area contributed by atoms with E-state index in [4.69, 9.17) is 5.11 Å². The summed E-state index contributed by atoms with van der Waals surface area (Å²) >= 11 is 1.40. The number of thiophene rings is 1. The fourth-order valence-corrected chi connectivity index (χ4v) is 4.31. The molecule has 9 heteroatoms. The van der Waals surface area contributed by atoms with Gasteiger partial charge in [0.05, 0.1) is 18.3 Å². The molecule has 0 atom stereocenters. The monoisotopic (exact) mass is 390 g/mol. The molecule has 2 aromatic heterocycles. The SMILES string of the molecule is O=C(O)CN(CC1CC1)C1CC(NC(=O)Cn2cnc3sccc3c2=O)C1. The molecule has 2 saturated carbocycles. The van der Waals surface area contributed by atoms with Crippen molar-refractivity contribution in [1.82, 2.24) is 19.8 Å². The fourth-order valence-electron chi connectivity index (χ4n) is 3.59. The average Bonchev–Trinajstić information content (AvgIpc) is 3.25. The maximum absolute atomic E-state index is 12.3. The number of aliphatic carboxylic acids is 1. The molecule has 27 heavy (non-hydrogen) atoms. The predicted octanol–water partition coefficient (Wildman–Crippen LogP) is 0.902. The highest BCUT2D eigenvalue weighted by Gasteiger charge is 2.37. The van der Waals surface area contributed by atoms with Gasteiger partial charge >= 0.3 is 5.97 Å². The predicted molar refractivity (Wildman–Crippen MR) is 101 cm³/mol. The topological polar surface area (TPSA) is 105 Å². The second-order valence-electron chi connectivity index (χ2n) is 7.47. The molecule has 2 aromatic rings. The Balaban J connectivity index is 1.29. The van der Waals surface area contributed by atoms with Crippen LogP contribution < -0.4 is 10.9 Å². The van der Waals surface area contributed by atoms with Crippen LogP contribution in [-0.4, -0.2) is 56.6 Å². The van der Waals surface area contributed by atoms with Crippen LogP contribution in [0.15, 0.2) is 22.6 Å². The molecule has 2 N–H and O–H groups in total. The molecule has 0 radical (unpaired) electrons. The first-order valence-corrected chi connectivity index (χ1v) is 10.1. The molecular weight excluding hydrogens is 368 g/mol. The van der Waals surface area contributed by atoms with Crippen molar-refractivity contribution in [3.8, 4) is 0 Å². The number of nitrogens with one attached hydrogen (secondary N) is 1. The van der Waals surface area contributed by atoms with E-state index in [2.05, 4.69) is 10.3 Å². The molecule has 0 aliphatic heterocycles. The van der Waals surface area contributed by atoms with Gasteiger partial charge in [-0.2, -0.15) is 0 Å². The van der Waals surface area contributed by atoms with Crippen molar-refractivity contribution in [2.45, 2.75) is 44.3 Å². The van der Waals surface area contributed by atoms with Crippen molar-refractivity contribution >= 4 is 33.4 Å². The minimum absolute atomic E-state index is 0.0338. The van der Waals surface area contributed by atoms with Crippen molar-refractivity contribution in [3.05, 3.63) is 28.1 Å². The van der Waals surface area contributed by atoms with Crippen molar-refractivity contribution < 1.29 is 14.7 Å². The number of carbonyl (C=O) groups excluding carboxylic acids is 1. The first-order chi connectivity index (χ1) is 13.0. The number of hydrogen-bond acceptors (Lipinski definition) is 6. The van der Waals surface area contributed by atoms with Crippen molar-refractivity contribution in [2.75, 3.05) is 13.1 Å². The van der Waals surface area contributed by atoms with E-state index in [9.17, 15) is 14.4 Å². The largest absolute Gasteiger partial charge is 0.480 e. The van der Waals surface area contributed by atoms with Crippen LogP contribution in [0.25, 0.3) is 10.2 Å². The number of carboxylic acid groups (broad SMARTS) is 1. The molecule has 0 saturated heterocycles. The van der Waals surface area contributed by atoms with Crippen molar-refractivity contribution in [2.24, 2.45) is 5.92 Å². The standard InChI is InChI=1S/C18H22N4O4S/c23-15(8-22-10-19-17-14(18(22)26)3-4-27-17)20-12-5-13(6-12)21(9-16(24)25)7-11-1-2-11/h3-4,10-13H,1-2,5-9H2,(H,20,23)(H,24,25). The van der Waals surface area contributed by atoms with Gasteiger partial charge < -0.3 is 10.4 Å². The summed E-state index contributed by atoms with van der Waals surface area (Å²) < 4.78 is 1.32. The summed E-state index contributed by atoms with van der Waals surface area (Å²) in [6.07, 6.45) is 5.28. The van der Waals surface area contributed by atoms with E-state index in [0.717, 1.165) is 19.4 Å². The third kappa shape index (κ3) is 4.19. The number of hydrogen-bond donors (Lipinski definition) is 2. The first kappa shape index (κ1) is 18.1. The van der Waals surface area contributed by atoms with Crippen LogP contribution in [0.3, 0.4) is 0 Å². The third-order valence-corrected chi connectivity index (χ3v) is 6.11. The summed E-state index contributed by atoms with van der Waals surface area (Å²) in [5.74, 6) is -0.396. The molecule has 0 aromatic carbocycles. The second-order valence-corrected chi connectivity index (χ2v) is 8.37. The Morgan fingerprint density at radius 3 is 2.85 bits per heavy atom. The summed E-state index contributed by atoms with van der Waals surface area (Å²) in [5, 5.41) is 14.4. The lowest BCUT2D eigenvalue weighted by Gasteiger charge is -2.42. The van der Waals surface area contributed by atoms with E-state index >= 15 is 0 Å². The zero-order chi connectivity index (χ0) is 19.0. The van der Waals surface area contributed by atoms with E-state index < -0.39 is 5.97 Å². The van der Waals surface area contributed by atoms with E-state index in [1.165, 1.54) is 35.1 Å². The summed E-state index contributed by atoms with van der Waals surface area (Å²) in [4.78, 5) is 42.6. The maximum atomic E-state index is 12.3. The average molecular weight is 390 g/mol. The van der Waals surface area contributed by atoms with Crippen LogP contribution in [0.5, 0.6) is 0 Å². The molecule has 2 fully saturated rings. The maximum Gasteiger partial charge on any atom is 0.317 e. The van der Waals surface area contributed by atoms with Crippen LogP contribution in [0.2, 0.25) is 0 Å². The highest BCUT2D eigenvalue weighted by molar-refractivity contribution is 7.16. The number of rotatable bonds is 8. The highest BCUT2D eigenvalue weighted by Crippen LogP contribution is 2.33. The van der Waals surface area contributed by atoms with Gasteiger partial charge in [0.2, 0.25) is 5.91 Å². The fraction of sp³-hybridized carbons (Fsp3) is 0.556. The Morgan fingerprint density at radius 2 is 2.15 bits per heavy atom. The van der Waals surface area contributed by atoms with E-state index in [1.807, 2.05) is 10.3 Å². The van der Waals surface area contributed by atoms with Gasteiger partial charge in [-0.05, 0) is 43.0 Å². The van der Waals surface area contributed by atoms with Gasteiger partial charge in [-0.15, -0.1) is 11.3 Å². The van der Waals surface area contributed by atoms with Gasteiger partial charge in [0.15, 0.2) is 0 Å². The molecule has 8 nitrogen and oxygen atoms in total. The minimum atomic E-state index is -0.807. The van der Waals surface area contributed by atoms with Crippen LogP contribution in [0, 0.1) is 5.92 Å². The quantitative estimate of drug-likeness (QED) is 0.694. The molecule has 2 heterocycles. The molecule has 0 bridgehead atoms. The lowest BCUT2D eigenvalue weighted by Crippen LogP contribution is -2.55. The third-order valence-electron chi connectivity index (χ3n) is 5.29. The molecular formula is C18H22N4O4S. The van der Waals surface area contributed by atoms with E-state index in [0.29, 0.717) is 16.1 Å². The number of carboxylic acids is 1. The first-order valence-electron chi connectivity index (χ1n) is 9.17. The number of fused-ring (bicyclic) bond motifs is 1. The second kappa shape index (κ2) is 7.40.